The van der Waals surface area contributed by atoms with Gasteiger partial charge in [0.25, 0.3) is 5.91 Å². The van der Waals surface area contributed by atoms with Gasteiger partial charge in [-0.2, -0.15) is 0 Å². The maximum Gasteiger partial charge on any atom is 0.303 e. The van der Waals surface area contributed by atoms with Crippen molar-refractivity contribution in [1.29, 1.82) is 0 Å². The zero-order valence-corrected chi connectivity index (χ0v) is 12.2. The number of piperidine rings is 1. The van der Waals surface area contributed by atoms with Gasteiger partial charge >= 0.3 is 5.97 Å². The van der Waals surface area contributed by atoms with Gasteiger partial charge in [0, 0.05) is 26.1 Å². The Kier molecular flexibility index (Phi) is 5.30. The molecule has 21 heavy (non-hydrogen) atoms. The van der Waals surface area contributed by atoms with Crippen LogP contribution in [-0.2, 0) is 14.3 Å². The van der Waals surface area contributed by atoms with E-state index in [9.17, 15) is 9.59 Å². The smallest absolute Gasteiger partial charge is 0.303 e. The van der Waals surface area contributed by atoms with E-state index in [-0.39, 0.29) is 18.6 Å². The number of rotatable bonds is 4. The first kappa shape index (κ1) is 15.5. The lowest BCUT2D eigenvalue weighted by molar-refractivity contribution is -0.146. The molecule has 0 unspecified atom stereocenters. The molecular formula is C15H21N3O3. The summed E-state index contributed by atoms with van der Waals surface area (Å²) in [5, 5.41) is 3.55. The van der Waals surface area contributed by atoms with E-state index in [1.54, 1.807) is 5.01 Å². The van der Waals surface area contributed by atoms with E-state index in [1.165, 1.54) is 6.92 Å². The molecule has 6 nitrogen and oxygen atoms in total. The van der Waals surface area contributed by atoms with Crippen LogP contribution in [0.2, 0.25) is 0 Å². The second-order valence-corrected chi connectivity index (χ2v) is 5.11. The third kappa shape index (κ3) is 4.27. The van der Waals surface area contributed by atoms with Crippen LogP contribution in [0.25, 0.3) is 0 Å². The van der Waals surface area contributed by atoms with E-state index in [0.717, 1.165) is 18.5 Å². The second-order valence-electron chi connectivity index (χ2n) is 5.11. The number of esters is 1. The van der Waals surface area contributed by atoms with Crippen molar-refractivity contribution in [3.05, 3.63) is 30.3 Å². The third-order valence-corrected chi connectivity index (χ3v) is 3.43. The number of carbonyl (C=O) groups excluding carboxylic acids is 2. The van der Waals surface area contributed by atoms with E-state index >= 15 is 0 Å². The van der Waals surface area contributed by atoms with Gasteiger partial charge in [0.15, 0.2) is 6.61 Å². The minimum absolute atomic E-state index is 0.183. The average molecular weight is 291 g/mol. The largest absolute Gasteiger partial charge is 0.456 e. The van der Waals surface area contributed by atoms with Crippen LogP contribution in [0.1, 0.15) is 19.8 Å². The Bertz CT molecular complexity index is 484. The molecule has 1 saturated heterocycles. The quantitative estimate of drug-likeness (QED) is 0.835. The molecule has 1 aliphatic rings. The minimum atomic E-state index is -0.461. The summed E-state index contributed by atoms with van der Waals surface area (Å²) in [5.74, 6) is -0.719. The van der Waals surface area contributed by atoms with Crippen molar-refractivity contribution in [3.8, 4) is 0 Å². The molecule has 0 atom stereocenters. The topological polar surface area (TPSA) is 75.9 Å². The number of nitrogens with two attached hydrogens (primary N) is 1. The third-order valence-electron chi connectivity index (χ3n) is 3.43. The molecular weight excluding hydrogens is 270 g/mol. The van der Waals surface area contributed by atoms with Crippen molar-refractivity contribution in [3.63, 3.8) is 0 Å². The molecule has 1 heterocycles. The summed E-state index contributed by atoms with van der Waals surface area (Å²) >= 11 is 0. The van der Waals surface area contributed by atoms with Gasteiger partial charge in [0.2, 0.25) is 0 Å². The molecule has 2 rings (SSSR count). The highest BCUT2D eigenvalue weighted by Crippen LogP contribution is 2.20. The highest BCUT2D eigenvalue weighted by molar-refractivity contribution is 5.94. The Hall–Kier alpha value is -1.92. The number of benzene rings is 1. The van der Waals surface area contributed by atoms with Gasteiger partial charge in [-0.1, -0.05) is 18.2 Å². The number of hydrazine groups is 1. The van der Waals surface area contributed by atoms with Gasteiger partial charge in [0.05, 0.1) is 5.69 Å². The van der Waals surface area contributed by atoms with E-state index in [0.29, 0.717) is 13.1 Å². The van der Waals surface area contributed by atoms with Crippen LogP contribution < -0.4 is 10.7 Å². The number of carbonyl (C=O) groups is 2. The Morgan fingerprint density at radius 2 is 1.90 bits per heavy atom. The summed E-state index contributed by atoms with van der Waals surface area (Å²) in [6, 6.07) is 9.54. The molecule has 1 amide bonds. The number of hydrogen-bond acceptors (Lipinski definition) is 5. The van der Waals surface area contributed by atoms with Gasteiger partial charge in [-0.3, -0.25) is 9.59 Å². The fourth-order valence-corrected chi connectivity index (χ4v) is 2.34. The molecule has 1 aliphatic heterocycles. The number of nitrogens with zero attached hydrogens (tertiary/aromatic N) is 2. The molecule has 2 N–H and O–H groups in total. The predicted octanol–water partition coefficient (Wildman–Crippen LogP) is 0.921. The van der Waals surface area contributed by atoms with E-state index in [1.807, 2.05) is 35.3 Å². The molecule has 0 radical (unpaired) electrons. The van der Waals surface area contributed by atoms with Gasteiger partial charge < -0.3 is 10.5 Å². The van der Waals surface area contributed by atoms with Crippen molar-refractivity contribution < 1.29 is 14.3 Å². The van der Waals surface area contributed by atoms with Crippen molar-refractivity contribution in [2.75, 3.05) is 24.7 Å². The Balaban J connectivity index is 2.14. The molecule has 0 aliphatic carbocycles. The van der Waals surface area contributed by atoms with Gasteiger partial charge in [0.1, 0.15) is 0 Å². The predicted molar refractivity (Wildman–Crippen MR) is 79.3 cm³/mol. The summed E-state index contributed by atoms with van der Waals surface area (Å²) in [4.78, 5) is 23.3. The number of ether oxygens (including phenoxy) is 1. The Morgan fingerprint density at radius 1 is 1.29 bits per heavy atom. The van der Waals surface area contributed by atoms with Crippen LogP contribution in [0.3, 0.4) is 0 Å². The van der Waals surface area contributed by atoms with E-state index in [2.05, 4.69) is 0 Å². The van der Waals surface area contributed by atoms with Crippen molar-refractivity contribution >= 4 is 17.6 Å². The van der Waals surface area contributed by atoms with Crippen LogP contribution in [0.5, 0.6) is 0 Å². The van der Waals surface area contributed by atoms with Crippen LogP contribution in [-0.4, -0.2) is 42.6 Å². The van der Waals surface area contributed by atoms with E-state index in [4.69, 9.17) is 10.5 Å². The first-order chi connectivity index (χ1) is 10.1. The molecule has 114 valence electrons. The lowest BCUT2D eigenvalue weighted by Crippen LogP contribution is -2.53. The lowest BCUT2D eigenvalue weighted by atomic mass is 10.1. The monoisotopic (exact) mass is 291 g/mol. The lowest BCUT2D eigenvalue weighted by Gasteiger charge is -2.38. The number of para-hydroxylation sites is 1. The van der Waals surface area contributed by atoms with E-state index < -0.39 is 5.97 Å². The average Bonchev–Trinajstić information content (AvgIpc) is 2.48. The highest BCUT2D eigenvalue weighted by atomic mass is 16.5. The number of amides is 1. The molecule has 1 fully saturated rings. The molecule has 0 bridgehead atoms. The van der Waals surface area contributed by atoms with Crippen LogP contribution >= 0.6 is 0 Å². The first-order valence-electron chi connectivity index (χ1n) is 7.09. The zero-order valence-electron chi connectivity index (χ0n) is 12.2. The second kappa shape index (κ2) is 7.19. The summed E-state index contributed by atoms with van der Waals surface area (Å²) in [7, 11) is 0. The summed E-state index contributed by atoms with van der Waals surface area (Å²) in [6.07, 6.45) is 1.67. The Morgan fingerprint density at radius 3 is 2.48 bits per heavy atom. The molecule has 1 aromatic carbocycles. The van der Waals surface area contributed by atoms with Crippen molar-refractivity contribution in [1.82, 2.24) is 5.01 Å². The summed E-state index contributed by atoms with van der Waals surface area (Å²) < 4.78 is 4.84. The maximum absolute atomic E-state index is 12.4. The van der Waals surface area contributed by atoms with Gasteiger partial charge in [-0.15, -0.1) is 0 Å². The SMILES string of the molecule is CC(=O)OCC(=O)N(c1ccccc1)N1CCC(N)CC1. The number of hydrogen-bond donors (Lipinski definition) is 1. The van der Waals surface area contributed by atoms with Gasteiger partial charge in [-0.05, 0) is 25.0 Å². The van der Waals surface area contributed by atoms with Crippen LogP contribution in [0, 0.1) is 0 Å². The highest BCUT2D eigenvalue weighted by Gasteiger charge is 2.27. The summed E-state index contributed by atoms with van der Waals surface area (Å²) in [6.45, 7) is 2.45. The standard InChI is InChI=1S/C15H21N3O3/c1-12(19)21-11-15(20)18(14-5-3-2-4-6-14)17-9-7-13(16)8-10-17/h2-6,13H,7-11,16H2,1H3. The van der Waals surface area contributed by atoms with Crippen LogP contribution in [0.15, 0.2) is 30.3 Å². The fraction of sp³-hybridized carbons (Fsp3) is 0.467. The number of anilines is 1. The minimum Gasteiger partial charge on any atom is -0.456 e. The molecule has 0 aromatic heterocycles. The zero-order chi connectivity index (χ0) is 15.2. The Labute approximate surface area is 124 Å². The van der Waals surface area contributed by atoms with Crippen LogP contribution in [0.4, 0.5) is 5.69 Å². The molecule has 6 heteroatoms. The molecule has 0 spiro atoms. The van der Waals surface area contributed by atoms with Crippen molar-refractivity contribution in [2.45, 2.75) is 25.8 Å². The molecule has 1 aromatic rings. The fourth-order valence-electron chi connectivity index (χ4n) is 2.34. The van der Waals surface area contributed by atoms with Crippen molar-refractivity contribution in [2.24, 2.45) is 5.73 Å². The summed E-state index contributed by atoms with van der Waals surface area (Å²) in [5.41, 5.74) is 6.68. The maximum atomic E-state index is 12.4. The first-order valence-corrected chi connectivity index (χ1v) is 7.09. The van der Waals surface area contributed by atoms with Gasteiger partial charge in [-0.25, -0.2) is 10.0 Å². The normalized spacial score (nSPS) is 16.5. The molecule has 0 saturated carbocycles.